The third kappa shape index (κ3) is 4.04. The van der Waals surface area contributed by atoms with Crippen molar-refractivity contribution in [2.75, 3.05) is 0 Å². The Balaban J connectivity index is 3.29. The maximum absolute atomic E-state index is 10.8. The Labute approximate surface area is 55.6 Å². The SMILES string of the molecule is CCC(I)=COF. The van der Waals surface area contributed by atoms with Gasteiger partial charge in [-0.3, -0.25) is 0 Å². The van der Waals surface area contributed by atoms with Crippen LogP contribution in [0.1, 0.15) is 13.3 Å². The van der Waals surface area contributed by atoms with Gasteiger partial charge in [-0.05, 0) is 29.0 Å². The third-order valence-corrected chi connectivity index (χ3v) is 1.53. The van der Waals surface area contributed by atoms with Crippen LogP contribution < -0.4 is 0 Å². The van der Waals surface area contributed by atoms with Crippen LogP contribution in [0.3, 0.4) is 0 Å². The lowest BCUT2D eigenvalue weighted by atomic mass is 10.5. The predicted molar refractivity (Wildman–Crippen MR) is 34.6 cm³/mol. The number of hydrogen-bond donors (Lipinski definition) is 0. The number of halogens is 2. The van der Waals surface area contributed by atoms with Crippen molar-refractivity contribution in [2.45, 2.75) is 13.3 Å². The summed E-state index contributed by atoms with van der Waals surface area (Å²) in [6.07, 6.45) is 1.91. The van der Waals surface area contributed by atoms with Gasteiger partial charge in [0.05, 0.1) is 0 Å². The standard InChI is InChI=1S/C4H6FIO/c1-2-4(6)3-7-5/h3H,2H2,1H3. The summed E-state index contributed by atoms with van der Waals surface area (Å²) in [5.74, 6) is 0. The van der Waals surface area contributed by atoms with Gasteiger partial charge in [-0.25, -0.2) is 0 Å². The minimum atomic E-state index is 0.824. The first-order valence-corrected chi connectivity index (χ1v) is 3.01. The van der Waals surface area contributed by atoms with E-state index in [1.54, 1.807) is 0 Å². The fourth-order valence-electron chi connectivity index (χ4n) is 0.132. The summed E-state index contributed by atoms with van der Waals surface area (Å²) < 4.78 is 11.7. The van der Waals surface area contributed by atoms with Gasteiger partial charge >= 0.3 is 0 Å². The van der Waals surface area contributed by atoms with Crippen LogP contribution >= 0.6 is 22.6 Å². The van der Waals surface area contributed by atoms with Crippen molar-refractivity contribution in [3.63, 3.8) is 0 Å². The van der Waals surface area contributed by atoms with Crippen LogP contribution in [0, 0.1) is 0 Å². The lowest BCUT2D eigenvalue weighted by molar-refractivity contribution is -0.0622. The molecule has 0 heterocycles. The van der Waals surface area contributed by atoms with Crippen molar-refractivity contribution in [3.05, 3.63) is 9.84 Å². The van der Waals surface area contributed by atoms with Crippen LogP contribution in [-0.4, -0.2) is 0 Å². The molecule has 42 valence electrons. The second kappa shape index (κ2) is 4.36. The topological polar surface area (TPSA) is 9.23 Å². The number of allylic oxidation sites excluding steroid dienone is 1. The highest BCUT2D eigenvalue weighted by atomic mass is 127. The molecule has 7 heavy (non-hydrogen) atoms. The van der Waals surface area contributed by atoms with E-state index in [0.29, 0.717) is 0 Å². The van der Waals surface area contributed by atoms with E-state index in [1.807, 2.05) is 29.5 Å². The van der Waals surface area contributed by atoms with Crippen molar-refractivity contribution < 1.29 is 9.47 Å². The molecular formula is C4H6FIO. The monoisotopic (exact) mass is 216 g/mol. The van der Waals surface area contributed by atoms with Crippen LogP contribution in [0.4, 0.5) is 4.53 Å². The molecule has 1 nitrogen and oxygen atoms in total. The molecule has 0 radical (unpaired) electrons. The molecule has 0 aromatic heterocycles. The van der Waals surface area contributed by atoms with E-state index in [2.05, 4.69) is 4.94 Å². The van der Waals surface area contributed by atoms with Crippen LogP contribution in [0.15, 0.2) is 9.84 Å². The summed E-state index contributed by atoms with van der Waals surface area (Å²) in [7, 11) is 0. The van der Waals surface area contributed by atoms with Crippen LogP contribution in [-0.2, 0) is 4.94 Å². The van der Waals surface area contributed by atoms with E-state index in [-0.39, 0.29) is 0 Å². The molecule has 0 atom stereocenters. The molecule has 3 heteroatoms. The Morgan fingerprint density at radius 1 is 2.00 bits per heavy atom. The Morgan fingerprint density at radius 2 is 2.57 bits per heavy atom. The van der Waals surface area contributed by atoms with Gasteiger partial charge in [0.2, 0.25) is 0 Å². The molecule has 0 saturated carbocycles. The molecular weight excluding hydrogens is 210 g/mol. The highest BCUT2D eigenvalue weighted by Gasteiger charge is 1.82. The molecule has 0 unspecified atom stereocenters. The van der Waals surface area contributed by atoms with Gasteiger partial charge in [0, 0.05) is 8.11 Å². The quantitative estimate of drug-likeness (QED) is 0.509. The van der Waals surface area contributed by atoms with Gasteiger partial charge in [0.15, 0.2) is 0 Å². The molecule has 0 aromatic rings. The van der Waals surface area contributed by atoms with Crippen LogP contribution in [0.5, 0.6) is 0 Å². The highest BCUT2D eigenvalue weighted by Crippen LogP contribution is 2.09. The molecule has 0 aliphatic rings. The summed E-state index contributed by atoms with van der Waals surface area (Å²) in [4.78, 5) is 3.22. The van der Waals surface area contributed by atoms with Gasteiger partial charge in [0.1, 0.15) is 6.26 Å². The largest absolute Gasteiger partial charge is 0.302 e. The second-order valence-corrected chi connectivity index (χ2v) is 2.39. The fraction of sp³-hybridized carbons (Fsp3) is 0.500. The zero-order chi connectivity index (χ0) is 5.70. The molecule has 0 fully saturated rings. The highest BCUT2D eigenvalue weighted by molar-refractivity contribution is 14.1. The van der Waals surface area contributed by atoms with E-state index in [9.17, 15) is 4.53 Å². The van der Waals surface area contributed by atoms with Gasteiger partial charge < -0.3 is 4.94 Å². The molecule has 0 spiro atoms. The Morgan fingerprint density at radius 3 is 2.71 bits per heavy atom. The molecule has 0 saturated heterocycles. The Hall–Kier alpha value is 0.200. The lowest BCUT2D eigenvalue weighted by Crippen LogP contribution is -1.64. The van der Waals surface area contributed by atoms with E-state index < -0.39 is 0 Å². The first kappa shape index (κ1) is 7.20. The summed E-state index contributed by atoms with van der Waals surface area (Å²) in [6, 6.07) is 0. The summed E-state index contributed by atoms with van der Waals surface area (Å²) in [5, 5.41) is 0. The van der Waals surface area contributed by atoms with E-state index in [4.69, 9.17) is 0 Å². The molecule has 0 aromatic carbocycles. The number of hydrogen-bond acceptors (Lipinski definition) is 1. The molecule has 0 amide bonds. The first-order chi connectivity index (χ1) is 3.31. The van der Waals surface area contributed by atoms with Gasteiger partial charge in [0.25, 0.3) is 0 Å². The van der Waals surface area contributed by atoms with Crippen molar-refractivity contribution in [2.24, 2.45) is 0 Å². The van der Waals surface area contributed by atoms with Gasteiger partial charge in [-0.2, -0.15) is 0 Å². The third-order valence-electron chi connectivity index (χ3n) is 0.510. The fourth-order valence-corrected chi connectivity index (χ4v) is 0.228. The average molecular weight is 216 g/mol. The molecule has 0 rings (SSSR count). The maximum atomic E-state index is 10.8. The molecule has 0 bridgehead atoms. The van der Waals surface area contributed by atoms with E-state index in [0.717, 1.165) is 16.3 Å². The second-order valence-electron chi connectivity index (χ2n) is 1.01. The first-order valence-electron chi connectivity index (χ1n) is 1.93. The van der Waals surface area contributed by atoms with Crippen molar-refractivity contribution in [1.29, 1.82) is 0 Å². The van der Waals surface area contributed by atoms with Crippen molar-refractivity contribution >= 4 is 22.6 Å². The zero-order valence-electron chi connectivity index (χ0n) is 3.95. The minimum absolute atomic E-state index is 0.824. The summed E-state index contributed by atoms with van der Waals surface area (Å²) >= 11 is 2.00. The van der Waals surface area contributed by atoms with Crippen molar-refractivity contribution in [1.82, 2.24) is 0 Å². The van der Waals surface area contributed by atoms with E-state index in [1.165, 1.54) is 0 Å². The average Bonchev–Trinajstić information content (AvgIpc) is 1.68. The summed E-state index contributed by atoms with van der Waals surface area (Å²) in [6.45, 7) is 1.93. The van der Waals surface area contributed by atoms with Gasteiger partial charge in [-0.1, -0.05) is 6.92 Å². The Bertz CT molecular complexity index is 72.1. The minimum Gasteiger partial charge on any atom is -0.302 e. The molecule has 0 aliphatic carbocycles. The summed E-state index contributed by atoms with van der Waals surface area (Å²) in [5.41, 5.74) is 0. The normalized spacial score (nSPS) is 11.6. The Kier molecular flexibility index (Phi) is 4.49. The predicted octanol–water partition coefficient (Wildman–Crippen LogP) is 2.57. The zero-order valence-corrected chi connectivity index (χ0v) is 6.11. The molecule has 0 aliphatic heterocycles. The smallest absolute Gasteiger partial charge is 0.145 e. The van der Waals surface area contributed by atoms with Crippen molar-refractivity contribution in [3.8, 4) is 0 Å². The molecule has 0 N–H and O–H groups in total. The maximum Gasteiger partial charge on any atom is 0.145 e. The van der Waals surface area contributed by atoms with Crippen LogP contribution in [0.25, 0.3) is 0 Å². The van der Waals surface area contributed by atoms with Gasteiger partial charge in [-0.15, -0.1) is 0 Å². The number of rotatable bonds is 2. The van der Waals surface area contributed by atoms with E-state index >= 15 is 0 Å². The van der Waals surface area contributed by atoms with Crippen LogP contribution in [0.2, 0.25) is 0 Å². The lowest BCUT2D eigenvalue weighted by Gasteiger charge is -1.84.